The van der Waals surface area contributed by atoms with Gasteiger partial charge in [0.15, 0.2) is 5.65 Å². The van der Waals surface area contributed by atoms with Crippen LogP contribution < -0.4 is 10.6 Å². The molecule has 0 aliphatic carbocycles. The molecule has 0 saturated heterocycles. The molecule has 4 heterocycles. The molecule has 0 bridgehead atoms. The maximum atomic E-state index is 11.5. The summed E-state index contributed by atoms with van der Waals surface area (Å²) in [6.45, 7) is 0. The van der Waals surface area contributed by atoms with Gasteiger partial charge in [0.2, 0.25) is 11.9 Å². The lowest BCUT2D eigenvalue weighted by atomic mass is 10.1. The summed E-state index contributed by atoms with van der Waals surface area (Å²) in [5.41, 5.74) is 4.84. The lowest BCUT2D eigenvalue weighted by Crippen LogP contribution is -2.03. The maximum Gasteiger partial charge on any atom is 0.247 e. The number of fused-ring (bicyclic) bond motifs is 2. The van der Waals surface area contributed by atoms with Crippen LogP contribution in [-0.4, -0.2) is 35.3 Å². The topological polar surface area (TPSA) is 102 Å². The van der Waals surface area contributed by atoms with Crippen LogP contribution in [0.1, 0.15) is 5.56 Å². The second kappa shape index (κ2) is 5.38. The zero-order chi connectivity index (χ0) is 17.7. The molecule has 1 aromatic carbocycles. The van der Waals surface area contributed by atoms with Crippen molar-refractivity contribution < 1.29 is 4.79 Å². The van der Waals surface area contributed by atoms with Gasteiger partial charge < -0.3 is 10.6 Å². The van der Waals surface area contributed by atoms with Crippen molar-refractivity contribution in [3.8, 4) is 11.3 Å². The number of hydrogen-bond acceptors (Lipinski definition) is 6. The van der Waals surface area contributed by atoms with Crippen molar-refractivity contribution >= 4 is 28.9 Å². The quantitative estimate of drug-likeness (QED) is 0.586. The molecule has 0 atom stereocenters. The Morgan fingerprint density at radius 3 is 3.08 bits per heavy atom. The number of nitrogens with one attached hydrogen (secondary N) is 2. The van der Waals surface area contributed by atoms with E-state index >= 15 is 0 Å². The van der Waals surface area contributed by atoms with Gasteiger partial charge in [0.25, 0.3) is 0 Å². The first kappa shape index (κ1) is 14.6. The van der Waals surface area contributed by atoms with Crippen LogP contribution >= 0.6 is 0 Å². The van der Waals surface area contributed by atoms with Crippen LogP contribution in [-0.2, 0) is 18.3 Å². The van der Waals surface area contributed by atoms with Crippen LogP contribution in [0, 0.1) is 0 Å². The minimum Gasteiger partial charge on any atom is -0.325 e. The number of aromatic nitrogens is 6. The summed E-state index contributed by atoms with van der Waals surface area (Å²) in [5.74, 6) is 0.461. The highest BCUT2D eigenvalue weighted by Crippen LogP contribution is 2.28. The molecule has 0 radical (unpaired) electrons. The van der Waals surface area contributed by atoms with Crippen molar-refractivity contribution in [1.29, 1.82) is 0 Å². The van der Waals surface area contributed by atoms with Gasteiger partial charge in [-0.25, -0.2) is 4.52 Å². The van der Waals surface area contributed by atoms with E-state index in [1.807, 2.05) is 31.4 Å². The Morgan fingerprint density at radius 2 is 2.23 bits per heavy atom. The highest BCUT2D eigenvalue weighted by atomic mass is 16.1. The van der Waals surface area contributed by atoms with Crippen molar-refractivity contribution in [2.24, 2.45) is 7.05 Å². The molecule has 1 aliphatic heterocycles. The number of anilines is 3. The second-order valence-corrected chi connectivity index (χ2v) is 6.10. The molecular weight excluding hydrogens is 332 g/mol. The Morgan fingerprint density at radius 1 is 1.31 bits per heavy atom. The van der Waals surface area contributed by atoms with Gasteiger partial charge in [0.05, 0.1) is 12.6 Å². The lowest BCUT2D eigenvalue weighted by Gasteiger charge is -2.04. The molecule has 0 unspecified atom stereocenters. The van der Waals surface area contributed by atoms with E-state index in [0.29, 0.717) is 23.7 Å². The van der Waals surface area contributed by atoms with Crippen LogP contribution in [0.5, 0.6) is 0 Å². The van der Waals surface area contributed by atoms with E-state index in [1.54, 1.807) is 27.8 Å². The van der Waals surface area contributed by atoms with E-state index in [1.165, 1.54) is 0 Å². The van der Waals surface area contributed by atoms with Crippen LogP contribution in [0.4, 0.5) is 17.3 Å². The molecule has 128 valence electrons. The van der Waals surface area contributed by atoms with Gasteiger partial charge >= 0.3 is 0 Å². The number of aryl methyl sites for hydroxylation is 1. The summed E-state index contributed by atoms with van der Waals surface area (Å²) in [4.78, 5) is 20.5. The van der Waals surface area contributed by atoms with E-state index in [0.717, 1.165) is 22.5 Å². The Bertz CT molecular complexity index is 1160. The van der Waals surface area contributed by atoms with Crippen LogP contribution in [0.2, 0.25) is 0 Å². The Labute approximate surface area is 147 Å². The van der Waals surface area contributed by atoms with Crippen molar-refractivity contribution in [3.05, 3.63) is 48.5 Å². The number of carbonyl (C=O) groups is 1. The third kappa shape index (κ3) is 2.37. The summed E-state index contributed by atoms with van der Waals surface area (Å²) >= 11 is 0. The van der Waals surface area contributed by atoms with Crippen molar-refractivity contribution in [3.63, 3.8) is 0 Å². The number of benzene rings is 1. The first-order valence-electron chi connectivity index (χ1n) is 8.06. The zero-order valence-electron chi connectivity index (χ0n) is 13.8. The molecule has 26 heavy (non-hydrogen) atoms. The van der Waals surface area contributed by atoms with Crippen LogP contribution in [0.25, 0.3) is 16.9 Å². The molecule has 0 spiro atoms. The summed E-state index contributed by atoms with van der Waals surface area (Å²) in [7, 11) is 1.85. The fourth-order valence-corrected chi connectivity index (χ4v) is 3.04. The highest BCUT2D eigenvalue weighted by Gasteiger charge is 2.18. The molecule has 3 aromatic heterocycles. The van der Waals surface area contributed by atoms with Crippen LogP contribution in [0.15, 0.2) is 43.0 Å². The number of hydrogen-bond donors (Lipinski definition) is 2. The molecule has 9 heteroatoms. The largest absolute Gasteiger partial charge is 0.325 e. The SMILES string of the molecule is Cn1cc(-c2nccn3nc(Nc4ccc5c(c4)NC(=O)C5)nc23)cn1. The van der Waals surface area contributed by atoms with E-state index < -0.39 is 0 Å². The first-order valence-corrected chi connectivity index (χ1v) is 8.06. The molecule has 2 N–H and O–H groups in total. The second-order valence-electron chi connectivity index (χ2n) is 6.10. The van der Waals surface area contributed by atoms with Gasteiger partial charge in [0, 0.05) is 42.6 Å². The summed E-state index contributed by atoms with van der Waals surface area (Å²) in [6.07, 6.45) is 7.47. The minimum atomic E-state index is 0.00944. The van der Waals surface area contributed by atoms with E-state index in [4.69, 9.17) is 0 Å². The average molecular weight is 346 g/mol. The summed E-state index contributed by atoms with van der Waals surface area (Å²) < 4.78 is 3.39. The molecule has 1 aliphatic rings. The molecule has 9 nitrogen and oxygen atoms in total. The number of amides is 1. The lowest BCUT2D eigenvalue weighted by molar-refractivity contribution is -0.115. The third-order valence-corrected chi connectivity index (χ3v) is 4.22. The van der Waals surface area contributed by atoms with Crippen LogP contribution in [0.3, 0.4) is 0 Å². The van der Waals surface area contributed by atoms with Gasteiger partial charge in [-0.2, -0.15) is 10.1 Å². The van der Waals surface area contributed by atoms with Gasteiger partial charge in [-0.1, -0.05) is 6.07 Å². The van der Waals surface area contributed by atoms with E-state index in [2.05, 4.69) is 30.8 Å². The summed E-state index contributed by atoms with van der Waals surface area (Å²) in [5, 5.41) is 14.6. The molecule has 0 fully saturated rings. The predicted molar refractivity (Wildman–Crippen MR) is 95.0 cm³/mol. The van der Waals surface area contributed by atoms with E-state index in [9.17, 15) is 4.79 Å². The molecule has 0 saturated carbocycles. The van der Waals surface area contributed by atoms with E-state index in [-0.39, 0.29) is 5.91 Å². The van der Waals surface area contributed by atoms with Gasteiger partial charge in [-0.3, -0.25) is 14.5 Å². The summed E-state index contributed by atoms with van der Waals surface area (Å²) in [6, 6.07) is 5.71. The average Bonchev–Trinajstić information content (AvgIpc) is 3.31. The fraction of sp³-hybridized carbons (Fsp3) is 0.118. The number of carbonyl (C=O) groups excluding carboxylic acids is 1. The van der Waals surface area contributed by atoms with Gasteiger partial charge in [0.1, 0.15) is 5.69 Å². The van der Waals surface area contributed by atoms with Gasteiger partial charge in [-0.05, 0) is 17.7 Å². The van der Waals surface area contributed by atoms with Crippen molar-refractivity contribution in [2.45, 2.75) is 6.42 Å². The Hall–Kier alpha value is -3.75. The normalized spacial score (nSPS) is 13.0. The maximum absolute atomic E-state index is 11.5. The Kier molecular flexibility index (Phi) is 3.02. The first-order chi connectivity index (χ1) is 12.7. The minimum absolute atomic E-state index is 0.00944. The predicted octanol–water partition coefficient (Wildman–Crippen LogP) is 1.76. The Balaban J connectivity index is 1.51. The molecule has 1 amide bonds. The number of nitrogens with zero attached hydrogens (tertiary/aromatic N) is 6. The standard InChI is InChI=1S/C17H14N8O/c1-24-9-11(8-19-24)15-16-22-17(23-25(16)5-4-18-15)20-12-3-2-10-6-14(26)21-13(10)7-12/h2-5,7-9H,6H2,1H3,(H,20,23)(H,21,26). The van der Waals surface area contributed by atoms with Crippen molar-refractivity contribution in [2.75, 3.05) is 10.6 Å². The fourth-order valence-electron chi connectivity index (χ4n) is 3.04. The van der Waals surface area contributed by atoms with Gasteiger partial charge in [-0.15, -0.1) is 5.10 Å². The molecular formula is C17H14N8O. The monoisotopic (exact) mass is 346 g/mol. The zero-order valence-corrected chi connectivity index (χ0v) is 13.8. The molecule has 4 aromatic rings. The smallest absolute Gasteiger partial charge is 0.247 e. The molecule has 5 rings (SSSR count). The highest BCUT2D eigenvalue weighted by molar-refractivity contribution is 5.99. The third-order valence-electron chi connectivity index (χ3n) is 4.22. The number of rotatable bonds is 3. The van der Waals surface area contributed by atoms with Crippen molar-refractivity contribution in [1.82, 2.24) is 29.4 Å².